The van der Waals surface area contributed by atoms with E-state index in [1.807, 2.05) is 0 Å². The smallest absolute Gasteiger partial charge is 0.282 e. The maximum absolute atomic E-state index is 12.7. The minimum atomic E-state index is -3.92. The Bertz CT molecular complexity index is 718. The Labute approximate surface area is 117 Å². The molecule has 0 amide bonds. The van der Waals surface area contributed by atoms with Gasteiger partial charge in [0.1, 0.15) is 5.82 Å². The molecule has 0 aliphatic heterocycles. The summed E-state index contributed by atoms with van der Waals surface area (Å²) in [6.07, 6.45) is 3.82. The lowest BCUT2D eigenvalue weighted by molar-refractivity contribution is -0.110. The monoisotopic (exact) mass is 343 g/mol. The number of nitrogens with zero attached hydrogens (tertiary/aromatic N) is 1. The van der Waals surface area contributed by atoms with Crippen molar-refractivity contribution in [3.8, 4) is 0 Å². The lowest BCUT2D eigenvalue weighted by Gasteiger charge is -2.03. The average Bonchev–Trinajstić information content (AvgIpc) is 2.34. The van der Waals surface area contributed by atoms with Gasteiger partial charge >= 0.3 is 0 Å². The molecule has 2 rings (SSSR count). The first-order valence-corrected chi connectivity index (χ1v) is 7.32. The molecule has 1 aromatic rings. The number of benzene rings is 1. The van der Waals surface area contributed by atoms with E-state index in [0.29, 0.717) is 0 Å². The van der Waals surface area contributed by atoms with Crippen LogP contribution in [0.5, 0.6) is 0 Å². The molecule has 0 unspecified atom stereocenters. The van der Waals surface area contributed by atoms with Crippen LogP contribution in [0.1, 0.15) is 0 Å². The van der Waals surface area contributed by atoms with Crippen molar-refractivity contribution in [2.75, 3.05) is 0 Å². The molecular weight excluding hydrogens is 337 g/mol. The van der Waals surface area contributed by atoms with Crippen LogP contribution in [0.4, 0.5) is 4.39 Å². The first-order chi connectivity index (χ1) is 8.88. The van der Waals surface area contributed by atoms with Gasteiger partial charge in [0.15, 0.2) is 5.78 Å². The standard InChI is InChI=1S/C12H7BrFNO3S/c13-11-7-9(3-6-12(11)16)15-19(17,18)10-4-1-8(14)2-5-10/h1-7H. The fourth-order valence-electron chi connectivity index (χ4n) is 1.34. The van der Waals surface area contributed by atoms with Gasteiger partial charge in [-0.05, 0) is 58.4 Å². The molecule has 1 aliphatic rings. The van der Waals surface area contributed by atoms with Crippen LogP contribution >= 0.6 is 15.9 Å². The molecule has 0 heterocycles. The number of rotatable bonds is 2. The molecule has 0 saturated carbocycles. The second-order valence-electron chi connectivity index (χ2n) is 3.63. The largest absolute Gasteiger partial charge is 0.289 e. The number of ketones is 1. The van der Waals surface area contributed by atoms with Crippen LogP contribution in [0, 0.1) is 5.82 Å². The zero-order valence-electron chi connectivity index (χ0n) is 9.38. The van der Waals surface area contributed by atoms with Crippen LogP contribution in [0.2, 0.25) is 0 Å². The van der Waals surface area contributed by atoms with Crippen LogP contribution in [0.25, 0.3) is 0 Å². The number of sulfonamides is 1. The highest BCUT2D eigenvalue weighted by atomic mass is 79.9. The zero-order chi connectivity index (χ0) is 14.0. The first kappa shape index (κ1) is 13.8. The maximum Gasteiger partial charge on any atom is 0.282 e. The van der Waals surface area contributed by atoms with Gasteiger partial charge in [-0.15, -0.1) is 0 Å². The summed E-state index contributed by atoms with van der Waals surface area (Å²) in [5, 5.41) is 0. The minimum absolute atomic E-state index is 0.115. The predicted octanol–water partition coefficient (Wildman–Crippen LogP) is 2.37. The fraction of sp³-hybridized carbons (Fsp3) is 0. The van der Waals surface area contributed by atoms with Gasteiger partial charge in [-0.3, -0.25) is 4.79 Å². The van der Waals surface area contributed by atoms with Crippen LogP contribution < -0.4 is 0 Å². The predicted molar refractivity (Wildman–Crippen MR) is 72.2 cm³/mol. The summed E-state index contributed by atoms with van der Waals surface area (Å²) in [5.41, 5.74) is 0.121. The molecule has 0 fully saturated rings. The Balaban J connectivity index is 2.40. The van der Waals surface area contributed by atoms with Gasteiger partial charge in [0.25, 0.3) is 10.0 Å². The van der Waals surface area contributed by atoms with Crippen molar-refractivity contribution in [2.24, 2.45) is 4.40 Å². The number of hydrogen-bond donors (Lipinski definition) is 0. The number of carbonyl (C=O) groups is 1. The third-order valence-electron chi connectivity index (χ3n) is 2.25. The zero-order valence-corrected chi connectivity index (χ0v) is 11.8. The molecule has 1 aliphatic carbocycles. The number of hydrogen-bond acceptors (Lipinski definition) is 3. The molecule has 98 valence electrons. The number of halogens is 2. The van der Waals surface area contributed by atoms with Crippen LogP contribution in [-0.2, 0) is 14.8 Å². The molecule has 4 nitrogen and oxygen atoms in total. The van der Waals surface area contributed by atoms with Crippen LogP contribution in [-0.4, -0.2) is 19.9 Å². The Morgan fingerprint density at radius 2 is 1.74 bits per heavy atom. The van der Waals surface area contributed by atoms with Gasteiger partial charge in [-0.2, -0.15) is 12.8 Å². The Morgan fingerprint density at radius 1 is 1.11 bits per heavy atom. The van der Waals surface area contributed by atoms with Crippen molar-refractivity contribution in [1.29, 1.82) is 0 Å². The molecule has 0 N–H and O–H groups in total. The highest BCUT2D eigenvalue weighted by Gasteiger charge is 2.15. The van der Waals surface area contributed by atoms with Gasteiger partial charge in [-0.25, -0.2) is 4.39 Å². The van der Waals surface area contributed by atoms with E-state index < -0.39 is 15.8 Å². The van der Waals surface area contributed by atoms with E-state index in [-0.39, 0.29) is 20.9 Å². The summed E-state index contributed by atoms with van der Waals surface area (Å²) >= 11 is 3.00. The second kappa shape index (κ2) is 5.18. The van der Waals surface area contributed by atoms with E-state index in [1.54, 1.807) is 0 Å². The molecular formula is C12H7BrFNO3S. The molecule has 7 heteroatoms. The third-order valence-corrected chi connectivity index (χ3v) is 4.19. The van der Waals surface area contributed by atoms with Gasteiger partial charge in [0, 0.05) is 0 Å². The molecule has 1 aromatic carbocycles. The van der Waals surface area contributed by atoms with Gasteiger partial charge in [0.05, 0.1) is 15.1 Å². The highest BCUT2D eigenvalue weighted by molar-refractivity contribution is 9.12. The highest BCUT2D eigenvalue weighted by Crippen LogP contribution is 2.17. The van der Waals surface area contributed by atoms with Gasteiger partial charge in [0.2, 0.25) is 0 Å². The topological polar surface area (TPSA) is 63.6 Å². The van der Waals surface area contributed by atoms with Gasteiger partial charge < -0.3 is 0 Å². The molecule has 0 atom stereocenters. The van der Waals surface area contributed by atoms with E-state index in [0.717, 1.165) is 24.3 Å². The molecule has 0 radical (unpaired) electrons. The summed E-state index contributed by atoms with van der Waals surface area (Å²) in [5.74, 6) is -0.796. The number of carbonyl (C=O) groups excluding carboxylic acids is 1. The van der Waals surface area contributed by atoms with E-state index in [1.165, 1.54) is 18.2 Å². The first-order valence-electron chi connectivity index (χ1n) is 5.09. The molecule has 0 saturated heterocycles. The van der Waals surface area contributed by atoms with Gasteiger partial charge in [-0.1, -0.05) is 0 Å². The second-order valence-corrected chi connectivity index (χ2v) is 6.09. The van der Waals surface area contributed by atoms with E-state index in [4.69, 9.17) is 0 Å². The Morgan fingerprint density at radius 3 is 2.32 bits per heavy atom. The minimum Gasteiger partial charge on any atom is -0.289 e. The van der Waals surface area contributed by atoms with Crippen molar-refractivity contribution in [3.63, 3.8) is 0 Å². The summed E-state index contributed by atoms with van der Waals surface area (Å²) in [6.45, 7) is 0. The van der Waals surface area contributed by atoms with Crippen LogP contribution in [0.15, 0.2) is 56.3 Å². The summed E-state index contributed by atoms with van der Waals surface area (Å²) in [6, 6.07) is 4.34. The Kier molecular flexibility index (Phi) is 3.77. The summed E-state index contributed by atoms with van der Waals surface area (Å²) in [7, 11) is -3.92. The van der Waals surface area contributed by atoms with Crippen molar-refractivity contribution >= 4 is 37.4 Å². The van der Waals surface area contributed by atoms with E-state index in [2.05, 4.69) is 20.3 Å². The van der Waals surface area contributed by atoms with E-state index in [9.17, 15) is 17.6 Å². The molecule has 19 heavy (non-hydrogen) atoms. The average molecular weight is 344 g/mol. The molecule has 0 bridgehead atoms. The number of allylic oxidation sites excluding steroid dienone is 4. The Hall–Kier alpha value is -1.60. The van der Waals surface area contributed by atoms with Crippen molar-refractivity contribution in [1.82, 2.24) is 0 Å². The van der Waals surface area contributed by atoms with Crippen molar-refractivity contribution in [2.45, 2.75) is 4.90 Å². The molecule has 0 spiro atoms. The fourth-order valence-corrected chi connectivity index (χ4v) is 2.69. The van der Waals surface area contributed by atoms with Crippen LogP contribution in [0.3, 0.4) is 0 Å². The van der Waals surface area contributed by atoms with Crippen molar-refractivity contribution in [3.05, 3.63) is 52.8 Å². The molecule has 0 aromatic heterocycles. The normalized spacial score (nSPS) is 17.7. The lowest BCUT2D eigenvalue weighted by Crippen LogP contribution is -2.07. The van der Waals surface area contributed by atoms with E-state index >= 15 is 0 Å². The lowest BCUT2D eigenvalue weighted by atomic mass is 10.2. The SMILES string of the molecule is O=C1C=CC(=NS(=O)(=O)c2ccc(F)cc2)C=C1Br. The quantitative estimate of drug-likeness (QED) is 0.774. The maximum atomic E-state index is 12.7. The summed E-state index contributed by atoms with van der Waals surface area (Å²) < 4.78 is 40.4. The van der Waals surface area contributed by atoms with Crippen molar-refractivity contribution < 1.29 is 17.6 Å². The summed E-state index contributed by atoms with van der Waals surface area (Å²) in [4.78, 5) is 11.1. The third kappa shape index (κ3) is 3.24.